The number of esters is 1. The fourth-order valence-corrected chi connectivity index (χ4v) is 5.98. The summed E-state index contributed by atoms with van der Waals surface area (Å²) in [4.78, 5) is 31.1. The molecule has 0 aliphatic carbocycles. The number of nitrogens with zero attached hydrogens (tertiary/aromatic N) is 2. The maximum absolute atomic E-state index is 16.5. The zero-order valence-corrected chi connectivity index (χ0v) is 23.8. The van der Waals surface area contributed by atoms with E-state index in [1.54, 1.807) is 32.0 Å². The number of carbonyl (C=O) groups is 1. The molecule has 220 valence electrons. The van der Waals surface area contributed by atoms with Gasteiger partial charge in [0.25, 0.3) is 5.56 Å². The lowest BCUT2D eigenvalue weighted by molar-refractivity contribution is -0.151. The first-order chi connectivity index (χ1) is 20.1. The van der Waals surface area contributed by atoms with Gasteiger partial charge in [0, 0.05) is 11.6 Å². The molecule has 6 atom stereocenters. The van der Waals surface area contributed by atoms with Crippen LogP contribution in [0.1, 0.15) is 29.7 Å². The fourth-order valence-electron chi connectivity index (χ4n) is 4.12. The van der Waals surface area contributed by atoms with E-state index in [1.807, 2.05) is 11.3 Å². The van der Waals surface area contributed by atoms with Crippen molar-refractivity contribution in [3.63, 3.8) is 0 Å². The molecule has 1 aliphatic heterocycles. The molecule has 1 aromatic carbocycles. The summed E-state index contributed by atoms with van der Waals surface area (Å²) >= 11 is 5.51. The van der Waals surface area contributed by atoms with Crippen molar-refractivity contribution >= 4 is 42.1 Å². The van der Waals surface area contributed by atoms with Crippen molar-refractivity contribution in [2.45, 2.75) is 51.0 Å². The second-order valence-electron chi connectivity index (χ2n) is 9.55. The predicted molar refractivity (Wildman–Crippen MR) is 148 cm³/mol. The molecule has 0 spiro atoms. The number of aliphatic hydroxyl groups is 1. The third-order valence-corrected chi connectivity index (χ3v) is 7.95. The van der Waals surface area contributed by atoms with Gasteiger partial charge in [-0.15, -0.1) is 0 Å². The standard InChI is InChI=1S/C26H29ClFN4O8P/c1-15(2)38-23(35)16(3)14-41(36,40-17-7-5-4-6-8-17)37-13-19-20(33)26(28,10-11-27)24(39-19)32-12-9-18-21(32)30-25(29)31-22(18)34/h4-9,12,15-16,19-20,24,33H,13-14H2,1-3H3,(H3,29,30,31,34)/t16-,19-,20+,24-,26?,41+/m1/s1/i13D2. The highest BCUT2D eigenvalue weighted by molar-refractivity contribution is 7.54. The molecule has 41 heavy (non-hydrogen) atoms. The van der Waals surface area contributed by atoms with Crippen molar-refractivity contribution in [1.29, 1.82) is 0 Å². The Labute approximate surface area is 242 Å². The summed E-state index contributed by atoms with van der Waals surface area (Å²) in [6, 6.07) is 8.93. The lowest BCUT2D eigenvalue weighted by Gasteiger charge is -2.24. The number of halogens is 2. The number of alkyl halides is 1. The van der Waals surface area contributed by atoms with Crippen molar-refractivity contribution in [2.24, 2.45) is 5.92 Å². The Kier molecular flexibility index (Phi) is 8.27. The molecule has 3 heterocycles. The van der Waals surface area contributed by atoms with Gasteiger partial charge in [0.2, 0.25) is 11.6 Å². The van der Waals surface area contributed by atoms with E-state index in [4.69, 9.17) is 38.6 Å². The highest BCUT2D eigenvalue weighted by Crippen LogP contribution is 2.51. The number of aromatic nitrogens is 3. The average Bonchev–Trinajstić information content (AvgIpc) is 3.42. The van der Waals surface area contributed by atoms with Crippen LogP contribution in [0.4, 0.5) is 10.3 Å². The Hall–Kier alpha value is -3.40. The van der Waals surface area contributed by atoms with Gasteiger partial charge in [0.15, 0.2) is 11.9 Å². The number of benzene rings is 1. The van der Waals surface area contributed by atoms with Crippen molar-refractivity contribution in [1.82, 2.24) is 14.5 Å². The molecule has 4 N–H and O–H groups in total. The lowest BCUT2D eigenvalue weighted by atomic mass is 9.97. The molecule has 1 saturated heterocycles. The van der Waals surface area contributed by atoms with Gasteiger partial charge in [0.1, 0.15) is 18.0 Å². The van der Waals surface area contributed by atoms with E-state index >= 15 is 4.39 Å². The number of anilines is 1. The number of aliphatic hydroxyl groups excluding tert-OH is 1. The highest BCUT2D eigenvalue weighted by atomic mass is 35.5. The summed E-state index contributed by atoms with van der Waals surface area (Å²) < 4.78 is 70.6. The zero-order chi connectivity index (χ0) is 31.7. The molecule has 1 fully saturated rings. The summed E-state index contributed by atoms with van der Waals surface area (Å²) in [7, 11) is -4.62. The van der Waals surface area contributed by atoms with Crippen molar-refractivity contribution in [2.75, 3.05) is 18.5 Å². The van der Waals surface area contributed by atoms with Gasteiger partial charge in [-0.2, -0.15) is 4.98 Å². The number of carbonyl (C=O) groups excluding carboxylic acids is 1. The Bertz CT molecular complexity index is 1660. The Morgan fingerprint density at radius 3 is 2.76 bits per heavy atom. The number of ether oxygens (including phenoxy) is 2. The van der Waals surface area contributed by atoms with Gasteiger partial charge in [0.05, 0.1) is 32.9 Å². The SMILES string of the molecule is [2H]C([2H])(O[P@@](=O)(C[C@@H](C)C(=O)OC(C)C)Oc1ccccc1)[C@H]1O[C@@H](n2ccc3c(=O)[nH]c(N)nc32)C(F)(C#CCl)[C@H]1O. The van der Waals surface area contributed by atoms with Crippen LogP contribution in [0.2, 0.25) is 0 Å². The molecule has 0 amide bonds. The third-order valence-electron chi connectivity index (χ3n) is 5.99. The number of para-hydroxylation sites is 1. The van der Waals surface area contributed by atoms with Crippen LogP contribution in [0.3, 0.4) is 0 Å². The van der Waals surface area contributed by atoms with Crippen molar-refractivity contribution in [3.8, 4) is 17.0 Å². The van der Waals surface area contributed by atoms with Gasteiger partial charge in [-0.05, 0) is 49.6 Å². The van der Waals surface area contributed by atoms with E-state index in [0.29, 0.717) is 0 Å². The number of nitrogens with one attached hydrogen (secondary N) is 1. The zero-order valence-electron chi connectivity index (χ0n) is 24.1. The fraction of sp³-hybridized carbons (Fsp3) is 0.423. The Morgan fingerprint density at radius 1 is 1.39 bits per heavy atom. The van der Waals surface area contributed by atoms with E-state index in [-0.39, 0.29) is 22.7 Å². The molecule has 1 unspecified atom stereocenters. The van der Waals surface area contributed by atoms with E-state index in [9.17, 15) is 19.3 Å². The first-order valence-electron chi connectivity index (χ1n) is 13.4. The maximum Gasteiger partial charge on any atom is 0.380 e. The number of nitrogens with two attached hydrogens (primary N) is 1. The molecule has 0 bridgehead atoms. The third kappa shape index (κ3) is 6.58. The number of hydrogen-bond acceptors (Lipinski definition) is 10. The minimum absolute atomic E-state index is 0.0146. The molecule has 12 nitrogen and oxygen atoms in total. The van der Waals surface area contributed by atoms with Crippen molar-refractivity contribution < 1.29 is 40.1 Å². The number of aromatic amines is 1. The smallest absolute Gasteiger partial charge is 0.380 e. The van der Waals surface area contributed by atoms with Crippen LogP contribution >= 0.6 is 19.2 Å². The normalized spacial score (nSPS) is 25.5. The second-order valence-corrected chi connectivity index (χ2v) is 11.7. The van der Waals surface area contributed by atoms with Gasteiger partial charge in [-0.25, -0.2) is 8.96 Å². The number of H-pyrrole nitrogens is 1. The minimum atomic E-state index is -4.62. The molecule has 15 heteroatoms. The average molecular weight is 613 g/mol. The number of rotatable bonds is 10. The van der Waals surface area contributed by atoms with Gasteiger partial charge < -0.3 is 29.4 Å². The van der Waals surface area contributed by atoms with Gasteiger partial charge >= 0.3 is 13.6 Å². The Morgan fingerprint density at radius 2 is 2.10 bits per heavy atom. The largest absolute Gasteiger partial charge is 0.463 e. The number of hydrogen-bond donors (Lipinski definition) is 3. The molecule has 0 radical (unpaired) electrons. The first kappa shape index (κ1) is 27.8. The molecular weight excluding hydrogens is 582 g/mol. The van der Waals surface area contributed by atoms with E-state index in [2.05, 4.69) is 9.97 Å². The summed E-state index contributed by atoms with van der Waals surface area (Å²) in [6.07, 6.45) is -6.43. The van der Waals surface area contributed by atoms with Crippen LogP contribution in [0.15, 0.2) is 47.4 Å². The number of fused-ring (bicyclic) bond motifs is 1. The van der Waals surface area contributed by atoms with Crippen LogP contribution in [0, 0.1) is 17.2 Å². The van der Waals surface area contributed by atoms with Crippen LogP contribution < -0.4 is 15.8 Å². The molecule has 0 saturated carbocycles. The molecule has 4 rings (SSSR count). The van der Waals surface area contributed by atoms with E-state index < -0.39 is 68.0 Å². The van der Waals surface area contributed by atoms with Crippen LogP contribution in [-0.4, -0.2) is 62.3 Å². The second kappa shape index (κ2) is 12.2. The van der Waals surface area contributed by atoms with Crippen LogP contribution in [-0.2, 0) is 23.4 Å². The van der Waals surface area contributed by atoms with Gasteiger partial charge in [-0.1, -0.05) is 25.1 Å². The first-order valence-corrected chi connectivity index (χ1v) is 14.5. The molecule has 1 aliphatic rings. The summed E-state index contributed by atoms with van der Waals surface area (Å²) in [6.45, 7) is 1.41. The summed E-state index contributed by atoms with van der Waals surface area (Å²) in [5.41, 5.74) is 1.76. The molecular formula is C26H29ClFN4O8P. The number of nitrogen functional groups attached to an aromatic ring is 1. The van der Waals surface area contributed by atoms with E-state index in [1.165, 1.54) is 31.3 Å². The summed E-state index contributed by atoms with van der Waals surface area (Å²) in [5.74, 6) is -0.106. The van der Waals surface area contributed by atoms with Crippen molar-refractivity contribution in [3.05, 3.63) is 52.9 Å². The monoisotopic (exact) mass is 612 g/mol. The maximum atomic E-state index is 16.5. The van der Waals surface area contributed by atoms with Gasteiger partial charge in [-0.3, -0.25) is 19.1 Å². The predicted octanol–water partition coefficient (Wildman–Crippen LogP) is 3.35. The van der Waals surface area contributed by atoms with Crippen LogP contribution in [0.5, 0.6) is 5.75 Å². The molecule has 2 aromatic heterocycles. The van der Waals surface area contributed by atoms with Crippen LogP contribution in [0.25, 0.3) is 11.0 Å². The quantitative estimate of drug-likeness (QED) is 0.175. The Balaban J connectivity index is 1.71. The molecule has 3 aromatic rings. The van der Waals surface area contributed by atoms with E-state index in [0.717, 1.165) is 4.57 Å². The highest BCUT2D eigenvalue weighted by Gasteiger charge is 2.58. The summed E-state index contributed by atoms with van der Waals surface area (Å²) in [5, 5.41) is 12.9. The minimum Gasteiger partial charge on any atom is -0.463 e. The lowest BCUT2D eigenvalue weighted by Crippen LogP contribution is -2.42. The topological polar surface area (TPSA) is 168 Å².